The number of carbonyl (C=O) groups excluding carboxylic acids is 1. The van der Waals surface area contributed by atoms with Crippen LogP contribution < -0.4 is 10.2 Å². The second-order valence-corrected chi connectivity index (χ2v) is 8.86. The maximum Gasteiger partial charge on any atom is 0.229 e. The van der Waals surface area contributed by atoms with Gasteiger partial charge in [-0.15, -0.1) is 11.8 Å². The molecule has 1 aromatic heterocycles. The fraction of sp³-hybridized carbons (Fsp3) is 0.333. The third-order valence-electron chi connectivity index (χ3n) is 4.95. The molecule has 1 aliphatic rings. The molecule has 27 heavy (non-hydrogen) atoms. The number of piperidine rings is 1. The van der Waals surface area contributed by atoms with Crippen LogP contribution in [0.4, 0.5) is 10.8 Å². The zero-order valence-corrected chi connectivity index (χ0v) is 17.2. The first-order chi connectivity index (χ1) is 13.1. The molecule has 0 aliphatic carbocycles. The summed E-state index contributed by atoms with van der Waals surface area (Å²) >= 11 is 3.42. The number of rotatable bonds is 4. The van der Waals surface area contributed by atoms with Gasteiger partial charge in [-0.25, -0.2) is 4.98 Å². The summed E-state index contributed by atoms with van der Waals surface area (Å²) in [4.78, 5) is 21.0. The molecule has 6 heteroatoms. The molecule has 3 aromatic rings. The molecule has 1 saturated heterocycles. The minimum absolute atomic E-state index is 0.00674. The van der Waals surface area contributed by atoms with Gasteiger partial charge in [0, 0.05) is 23.7 Å². The van der Waals surface area contributed by atoms with Crippen LogP contribution in [0.2, 0.25) is 0 Å². The minimum Gasteiger partial charge on any atom is -0.347 e. The number of nitrogens with zero attached hydrogens (tertiary/aromatic N) is 2. The second kappa shape index (κ2) is 7.90. The van der Waals surface area contributed by atoms with E-state index in [1.54, 1.807) is 23.1 Å². The maximum absolute atomic E-state index is 12.8. The summed E-state index contributed by atoms with van der Waals surface area (Å²) < 4.78 is 1.21. The monoisotopic (exact) mass is 397 g/mol. The van der Waals surface area contributed by atoms with Crippen molar-refractivity contribution in [3.8, 4) is 0 Å². The molecule has 1 fully saturated rings. The topological polar surface area (TPSA) is 45.2 Å². The number of amides is 1. The van der Waals surface area contributed by atoms with Gasteiger partial charge in [-0.2, -0.15) is 0 Å². The molecule has 2 heterocycles. The van der Waals surface area contributed by atoms with Gasteiger partial charge in [-0.05, 0) is 68.0 Å². The van der Waals surface area contributed by atoms with Gasteiger partial charge < -0.3 is 10.2 Å². The molecule has 0 spiro atoms. The highest BCUT2D eigenvalue weighted by molar-refractivity contribution is 7.98. The second-order valence-electron chi connectivity index (χ2n) is 6.97. The number of benzene rings is 2. The summed E-state index contributed by atoms with van der Waals surface area (Å²) in [5.41, 5.74) is 3.16. The van der Waals surface area contributed by atoms with E-state index < -0.39 is 0 Å². The van der Waals surface area contributed by atoms with Crippen LogP contribution in [0.1, 0.15) is 18.4 Å². The van der Waals surface area contributed by atoms with Crippen LogP contribution in [-0.4, -0.2) is 30.2 Å². The number of anilines is 2. The molecule has 1 unspecified atom stereocenters. The molecule has 140 valence electrons. The molecule has 4 nitrogen and oxygen atoms in total. The van der Waals surface area contributed by atoms with Crippen LogP contribution in [0.15, 0.2) is 47.4 Å². The molecule has 1 atom stereocenters. The predicted molar refractivity (Wildman–Crippen MR) is 116 cm³/mol. The Morgan fingerprint density at radius 1 is 1.26 bits per heavy atom. The van der Waals surface area contributed by atoms with Crippen molar-refractivity contribution >= 4 is 50.0 Å². The number of thiazole rings is 1. The Hall–Kier alpha value is -2.05. The predicted octanol–water partition coefficient (Wildman–Crippen LogP) is 5.18. The Balaban J connectivity index is 1.45. The van der Waals surface area contributed by atoms with Gasteiger partial charge in [0.15, 0.2) is 5.13 Å². The van der Waals surface area contributed by atoms with Crippen molar-refractivity contribution in [3.63, 3.8) is 0 Å². The largest absolute Gasteiger partial charge is 0.347 e. The number of aromatic nitrogens is 1. The van der Waals surface area contributed by atoms with Crippen LogP contribution in [0.3, 0.4) is 0 Å². The Kier molecular flexibility index (Phi) is 5.36. The zero-order chi connectivity index (χ0) is 18.8. The van der Waals surface area contributed by atoms with Gasteiger partial charge in [-0.1, -0.05) is 17.4 Å². The van der Waals surface area contributed by atoms with Crippen molar-refractivity contribution in [2.24, 2.45) is 5.92 Å². The number of aryl methyl sites for hydroxylation is 1. The Bertz CT molecular complexity index is 952. The van der Waals surface area contributed by atoms with E-state index in [4.69, 9.17) is 4.98 Å². The molecule has 0 bridgehead atoms. The first-order valence-corrected chi connectivity index (χ1v) is 11.2. The Labute approximate surface area is 168 Å². The summed E-state index contributed by atoms with van der Waals surface area (Å²) in [6.45, 7) is 3.80. The van der Waals surface area contributed by atoms with E-state index in [0.29, 0.717) is 0 Å². The maximum atomic E-state index is 12.8. The van der Waals surface area contributed by atoms with Gasteiger partial charge in [0.25, 0.3) is 0 Å². The van der Waals surface area contributed by atoms with E-state index in [9.17, 15) is 4.79 Å². The number of nitrogens with one attached hydrogen (secondary N) is 1. The number of thioether (sulfide) groups is 1. The van der Waals surface area contributed by atoms with E-state index >= 15 is 0 Å². The fourth-order valence-electron chi connectivity index (χ4n) is 3.44. The Morgan fingerprint density at radius 2 is 2.07 bits per heavy atom. The fourth-order valence-corrected chi connectivity index (χ4v) is 4.95. The van der Waals surface area contributed by atoms with Gasteiger partial charge in [0.1, 0.15) is 0 Å². The van der Waals surface area contributed by atoms with E-state index in [1.807, 2.05) is 30.5 Å². The first kappa shape index (κ1) is 18.3. The highest BCUT2D eigenvalue weighted by Gasteiger charge is 2.27. The number of carbonyl (C=O) groups is 1. The number of hydrogen-bond donors (Lipinski definition) is 1. The highest BCUT2D eigenvalue weighted by atomic mass is 32.2. The van der Waals surface area contributed by atoms with E-state index in [-0.39, 0.29) is 11.8 Å². The molecule has 1 aliphatic heterocycles. The van der Waals surface area contributed by atoms with E-state index in [2.05, 4.69) is 35.3 Å². The van der Waals surface area contributed by atoms with Crippen molar-refractivity contribution in [2.75, 3.05) is 29.6 Å². The SMILES string of the molecule is CSc1ccc(NC(=O)C2CCCN(c3nc4ccc(C)cc4s3)C2)cc1. The van der Waals surface area contributed by atoms with Crippen LogP contribution in [-0.2, 0) is 4.79 Å². The van der Waals surface area contributed by atoms with Crippen LogP contribution in [0, 0.1) is 12.8 Å². The van der Waals surface area contributed by atoms with Gasteiger partial charge in [0.05, 0.1) is 16.1 Å². The molecular formula is C21H23N3OS2. The molecule has 2 aromatic carbocycles. The highest BCUT2D eigenvalue weighted by Crippen LogP contribution is 2.32. The minimum atomic E-state index is -0.00674. The van der Waals surface area contributed by atoms with Gasteiger partial charge in [0.2, 0.25) is 5.91 Å². The van der Waals surface area contributed by atoms with E-state index in [1.165, 1.54) is 15.2 Å². The summed E-state index contributed by atoms with van der Waals surface area (Å²) in [7, 11) is 0. The molecular weight excluding hydrogens is 374 g/mol. The van der Waals surface area contributed by atoms with Crippen LogP contribution in [0.5, 0.6) is 0 Å². The van der Waals surface area contributed by atoms with Crippen LogP contribution in [0.25, 0.3) is 10.2 Å². The average Bonchev–Trinajstić information content (AvgIpc) is 3.12. The Morgan fingerprint density at radius 3 is 2.85 bits per heavy atom. The van der Waals surface area contributed by atoms with Crippen molar-refractivity contribution in [3.05, 3.63) is 48.0 Å². The molecule has 0 radical (unpaired) electrons. The summed E-state index contributed by atoms with van der Waals surface area (Å²) in [6.07, 6.45) is 3.99. The van der Waals surface area contributed by atoms with Crippen molar-refractivity contribution in [1.29, 1.82) is 0 Å². The average molecular weight is 398 g/mol. The van der Waals surface area contributed by atoms with Gasteiger partial charge in [-0.3, -0.25) is 4.79 Å². The number of hydrogen-bond acceptors (Lipinski definition) is 5. The standard InChI is InChI=1S/C21H23N3OS2/c1-14-5-10-18-19(12-14)27-21(23-18)24-11-3-4-15(13-24)20(25)22-16-6-8-17(26-2)9-7-16/h5-10,12,15H,3-4,11,13H2,1-2H3,(H,22,25). The molecule has 0 saturated carbocycles. The van der Waals surface area contributed by atoms with Crippen molar-refractivity contribution in [1.82, 2.24) is 4.98 Å². The summed E-state index contributed by atoms with van der Waals surface area (Å²) in [5.74, 6) is 0.0984. The zero-order valence-electron chi connectivity index (χ0n) is 15.6. The van der Waals surface area contributed by atoms with Gasteiger partial charge >= 0.3 is 0 Å². The molecule has 1 amide bonds. The number of fused-ring (bicyclic) bond motifs is 1. The lowest BCUT2D eigenvalue weighted by Crippen LogP contribution is -2.40. The van der Waals surface area contributed by atoms with Crippen LogP contribution >= 0.6 is 23.1 Å². The molecule has 1 N–H and O–H groups in total. The van der Waals surface area contributed by atoms with Crippen molar-refractivity contribution < 1.29 is 4.79 Å². The third-order valence-corrected chi connectivity index (χ3v) is 6.78. The lowest BCUT2D eigenvalue weighted by Gasteiger charge is -2.31. The summed E-state index contributed by atoms with van der Waals surface area (Å²) in [5, 5.41) is 4.10. The van der Waals surface area contributed by atoms with E-state index in [0.717, 1.165) is 42.3 Å². The first-order valence-electron chi connectivity index (χ1n) is 9.19. The summed E-state index contributed by atoms with van der Waals surface area (Å²) in [6, 6.07) is 14.4. The third kappa shape index (κ3) is 4.12. The van der Waals surface area contributed by atoms with Crippen molar-refractivity contribution in [2.45, 2.75) is 24.7 Å². The normalized spacial score (nSPS) is 17.3. The smallest absolute Gasteiger partial charge is 0.229 e. The lowest BCUT2D eigenvalue weighted by atomic mass is 9.97. The molecule has 4 rings (SSSR count). The lowest BCUT2D eigenvalue weighted by molar-refractivity contribution is -0.120. The quantitative estimate of drug-likeness (QED) is 0.616.